The fourth-order valence-electron chi connectivity index (χ4n) is 4.60. The molecular weight excluding hydrogens is 1010 g/mol. The molecule has 0 saturated heterocycles. The lowest BCUT2D eigenvalue weighted by molar-refractivity contribution is -0.137. The van der Waals surface area contributed by atoms with Gasteiger partial charge in [-0.2, -0.15) is 47.0 Å². The molecular formula is C55H118N2O8S6. The topological polar surface area (TPSA) is 195 Å². The number of carboxylic acid groups (broad SMARTS) is 2. The van der Waals surface area contributed by atoms with Crippen LogP contribution in [0.5, 0.6) is 0 Å². The highest BCUT2D eigenvalue weighted by Crippen LogP contribution is 2.22. The summed E-state index contributed by atoms with van der Waals surface area (Å²) in [5.74, 6) is 2.32. The van der Waals surface area contributed by atoms with Crippen LogP contribution in [0.4, 0.5) is 0 Å². The molecule has 0 aliphatic rings. The number of thioether (sulfide) groups is 6. The molecule has 0 aliphatic heterocycles. The zero-order valence-electron chi connectivity index (χ0n) is 51.0. The molecule has 16 heteroatoms. The van der Waals surface area contributed by atoms with Gasteiger partial charge in [-0.1, -0.05) is 172 Å². The van der Waals surface area contributed by atoms with Gasteiger partial charge in [0.05, 0.1) is 10.5 Å². The third-order valence-corrected chi connectivity index (χ3v) is 13.8. The summed E-state index contributed by atoms with van der Waals surface area (Å²) in [4.78, 5) is 65.9. The number of hydrogen-bond donors (Lipinski definition) is 4. The van der Waals surface area contributed by atoms with Crippen molar-refractivity contribution in [2.75, 3.05) is 37.5 Å². The fourth-order valence-corrected chi connectivity index (χ4v) is 9.33. The summed E-state index contributed by atoms with van der Waals surface area (Å²) in [6.07, 6.45) is 18.7. The Hall–Kier alpha value is -0.360. The van der Waals surface area contributed by atoms with Crippen LogP contribution in [0.25, 0.3) is 0 Å². The molecule has 6 unspecified atom stereocenters. The summed E-state index contributed by atoms with van der Waals surface area (Å²) >= 11 is 8.96. The molecule has 0 aromatic carbocycles. The average molecular weight is 1130 g/mol. The van der Waals surface area contributed by atoms with E-state index in [1.54, 1.807) is 23.5 Å². The second-order valence-electron chi connectivity index (χ2n) is 19.8. The molecule has 0 bridgehead atoms. The first-order valence-corrected chi connectivity index (χ1v) is 33.6. The minimum atomic E-state index is -0.693. The largest absolute Gasteiger partial charge is 0.480 e. The van der Waals surface area contributed by atoms with Gasteiger partial charge in [0.25, 0.3) is 0 Å². The van der Waals surface area contributed by atoms with Crippen LogP contribution in [0.3, 0.4) is 0 Å². The van der Waals surface area contributed by atoms with Crippen molar-refractivity contribution in [1.29, 1.82) is 0 Å². The Balaban J connectivity index is -0.0000000898. The van der Waals surface area contributed by atoms with Crippen molar-refractivity contribution in [2.45, 2.75) is 229 Å². The van der Waals surface area contributed by atoms with Gasteiger partial charge >= 0.3 is 11.9 Å². The van der Waals surface area contributed by atoms with Crippen LogP contribution in [0.15, 0.2) is 0 Å². The van der Waals surface area contributed by atoms with Gasteiger partial charge in [0.1, 0.15) is 32.8 Å². The molecule has 10 nitrogen and oxygen atoms in total. The summed E-state index contributed by atoms with van der Waals surface area (Å²) < 4.78 is 0. The molecule has 0 fully saturated rings. The molecule has 0 aliphatic carbocycles. The van der Waals surface area contributed by atoms with E-state index in [1.165, 1.54) is 66.3 Å². The van der Waals surface area contributed by atoms with Gasteiger partial charge in [-0.25, -0.2) is 0 Å². The number of carboxylic acids is 2. The van der Waals surface area contributed by atoms with Gasteiger partial charge in [-0.15, -0.1) is 23.5 Å². The highest BCUT2D eigenvalue weighted by Gasteiger charge is 2.22. The van der Waals surface area contributed by atoms with Crippen molar-refractivity contribution < 1.29 is 39.0 Å². The van der Waals surface area contributed by atoms with Crippen LogP contribution in [-0.2, 0) is 28.8 Å². The number of carbonyl (C=O) groups is 6. The minimum absolute atomic E-state index is 0.0625. The maximum atomic E-state index is 11.6. The summed E-state index contributed by atoms with van der Waals surface area (Å²) in [5.41, 5.74) is 10.9. The molecule has 6 N–H and O–H groups in total. The fraction of sp³-hybridized carbons (Fsp3) is 0.891. The maximum absolute atomic E-state index is 11.6. The first-order chi connectivity index (χ1) is 32.5. The second-order valence-corrected chi connectivity index (χ2v) is 25.9. The molecule has 0 aromatic rings. The van der Waals surface area contributed by atoms with Gasteiger partial charge < -0.3 is 21.7 Å². The predicted molar refractivity (Wildman–Crippen MR) is 333 cm³/mol. The van der Waals surface area contributed by atoms with Gasteiger partial charge in [0, 0.05) is 23.7 Å². The second kappa shape index (κ2) is 62.2. The van der Waals surface area contributed by atoms with E-state index in [2.05, 4.69) is 69.2 Å². The lowest BCUT2D eigenvalue weighted by Gasteiger charge is -2.17. The van der Waals surface area contributed by atoms with E-state index >= 15 is 0 Å². The quantitative estimate of drug-likeness (QED) is 0.0666. The number of Topliss-reactive ketones (excluding diaryl/α,β-unsaturated/α-hetero) is 4. The average Bonchev–Trinajstić information content (AvgIpc) is 3.27. The van der Waals surface area contributed by atoms with E-state index in [1.807, 2.05) is 121 Å². The zero-order chi connectivity index (χ0) is 58.7. The van der Waals surface area contributed by atoms with Crippen molar-refractivity contribution in [3.63, 3.8) is 0 Å². The SMILES string of the molecule is CCC.CCC.CCC.CSC(CC(C)C)C(=O)C(C)C.CSC(CC(C)C)C(=O)C(C)C.CSC(CC(C)C)C(=O)O.CSC(CC(C)C)C(=O)O.CSC(N)C(=O)C(C)C.CSC(N)C(=O)C(C)C. The first-order valence-electron chi connectivity index (χ1n) is 25.8. The predicted octanol–water partition coefficient (Wildman–Crippen LogP) is 15.6. The molecule has 71 heavy (non-hydrogen) atoms. The molecule has 432 valence electrons. The maximum Gasteiger partial charge on any atom is 0.316 e. The smallest absolute Gasteiger partial charge is 0.316 e. The third kappa shape index (κ3) is 69.6. The normalized spacial score (nSPS) is 12.8. The van der Waals surface area contributed by atoms with Crippen LogP contribution < -0.4 is 11.5 Å². The Labute approximate surface area is 466 Å². The summed E-state index contributed by atoms with van der Waals surface area (Å²) in [6, 6.07) is 0. The first kappa shape index (κ1) is 90.2. The molecule has 6 atom stereocenters. The lowest BCUT2D eigenvalue weighted by Crippen LogP contribution is -2.30. The number of aliphatic carboxylic acids is 2. The van der Waals surface area contributed by atoms with Crippen molar-refractivity contribution in [3.05, 3.63) is 0 Å². The Bertz CT molecular complexity index is 1130. The zero-order valence-corrected chi connectivity index (χ0v) is 55.9. The molecule has 0 amide bonds. The van der Waals surface area contributed by atoms with Crippen LogP contribution in [0.1, 0.15) is 197 Å². The van der Waals surface area contributed by atoms with E-state index < -0.39 is 11.9 Å². The van der Waals surface area contributed by atoms with Crippen molar-refractivity contribution in [2.24, 2.45) is 58.8 Å². The van der Waals surface area contributed by atoms with Crippen LogP contribution in [0.2, 0.25) is 0 Å². The molecule has 0 aromatic heterocycles. The van der Waals surface area contributed by atoms with E-state index in [9.17, 15) is 28.8 Å². The van der Waals surface area contributed by atoms with E-state index in [-0.39, 0.29) is 67.0 Å². The summed E-state index contributed by atoms with van der Waals surface area (Å²) in [7, 11) is 0. The van der Waals surface area contributed by atoms with Crippen molar-refractivity contribution in [3.8, 4) is 0 Å². The molecule has 0 heterocycles. The van der Waals surface area contributed by atoms with Crippen molar-refractivity contribution in [1.82, 2.24) is 0 Å². The molecule has 0 saturated carbocycles. The van der Waals surface area contributed by atoms with Crippen molar-refractivity contribution >= 4 is 106 Å². The molecule has 0 radical (unpaired) electrons. The Kier molecular flexibility index (Phi) is 79.0. The van der Waals surface area contributed by atoms with Crippen LogP contribution in [-0.4, -0.2) is 115 Å². The Morgan fingerprint density at radius 2 is 0.479 bits per heavy atom. The number of ketones is 4. The van der Waals surface area contributed by atoms with E-state index in [0.29, 0.717) is 35.2 Å². The molecule has 0 spiro atoms. The van der Waals surface area contributed by atoms with Gasteiger partial charge in [-0.05, 0) is 86.9 Å². The third-order valence-electron chi connectivity index (χ3n) is 8.41. The number of hydrogen-bond acceptors (Lipinski definition) is 14. The number of rotatable bonds is 24. The highest BCUT2D eigenvalue weighted by molar-refractivity contribution is 8.01. The molecule has 0 rings (SSSR count). The standard InChI is InChI=1S/2C10H20OS.2C7H14O2S.2C6H13NOS.3C3H8/c2*1-7(2)6-9(12-5)10(11)8(3)4;2*1-5(2)4-6(10-3)7(8)9;2*1-4(2)5(8)6(7)9-3;3*1-3-2/h2*7-9H,6H2,1-5H3;2*5-6H,4H2,1-3H3,(H,8,9);2*4,6H,7H2,1-3H3;3*3H2,1-2H3. The Morgan fingerprint density at radius 3 is 0.549 bits per heavy atom. The minimum Gasteiger partial charge on any atom is -0.480 e. The van der Waals surface area contributed by atoms with Crippen LogP contribution >= 0.6 is 70.6 Å². The highest BCUT2D eigenvalue weighted by atomic mass is 32.2. The summed E-state index contributed by atoms with van der Waals surface area (Å²) in [6.45, 7) is 44.9. The van der Waals surface area contributed by atoms with E-state index in [0.717, 1.165) is 25.7 Å². The van der Waals surface area contributed by atoms with E-state index in [4.69, 9.17) is 21.7 Å². The number of nitrogens with two attached hydrogens (primary N) is 2. The van der Waals surface area contributed by atoms with Crippen LogP contribution in [0, 0.1) is 47.3 Å². The van der Waals surface area contributed by atoms with Gasteiger partial charge in [0.15, 0.2) is 11.6 Å². The Morgan fingerprint density at radius 1 is 0.324 bits per heavy atom. The lowest BCUT2D eigenvalue weighted by atomic mass is 9.99. The van der Waals surface area contributed by atoms with Gasteiger partial charge in [0.2, 0.25) is 0 Å². The number of carbonyl (C=O) groups excluding carboxylic acids is 4. The monoisotopic (exact) mass is 1130 g/mol. The summed E-state index contributed by atoms with van der Waals surface area (Å²) in [5, 5.41) is 16.5. The van der Waals surface area contributed by atoms with Gasteiger partial charge in [-0.3, -0.25) is 28.8 Å².